The minimum Gasteiger partial charge on any atom is -0.363 e. The summed E-state index contributed by atoms with van der Waals surface area (Å²) in [6.07, 6.45) is 0. The second kappa shape index (κ2) is 9.97. The molecule has 0 saturated carbocycles. The average Bonchev–Trinajstić information content (AvgIpc) is 2.71. The summed E-state index contributed by atoms with van der Waals surface area (Å²) in [5.74, 6) is -0.338. The fourth-order valence-corrected chi connectivity index (χ4v) is 4.87. The van der Waals surface area contributed by atoms with Crippen molar-refractivity contribution in [1.82, 2.24) is 9.97 Å². The quantitative estimate of drug-likeness (QED) is 0.508. The van der Waals surface area contributed by atoms with E-state index in [1.807, 2.05) is 19.9 Å². The number of nitrogens with zero attached hydrogens (tertiary/aromatic N) is 4. The van der Waals surface area contributed by atoms with Crippen molar-refractivity contribution < 1.29 is 18.2 Å². The van der Waals surface area contributed by atoms with E-state index in [1.165, 1.54) is 36.0 Å². The van der Waals surface area contributed by atoms with Crippen LogP contribution >= 0.6 is 11.8 Å². The molecule has 2 N–H and O–H groups in total. The largest absolute Gasteiger partial charge is 0.363 e. The van der Waals surface area contributed by atoms with Crippen LogP contribution in [0.15, 0.2) is 46.3 Å². The molecule has 0 aliphatic heterocycles. The Morgan fingerprint density at radius 3 is 2.36 bits per heavy atom. The van der Waals surface area contributed by atoms with Crippen LogP contribution in [0, 0.1) is 39.0 Å². The Kier molecular flexibility index (Phi) is 7.30. The first-order valence-electron chi connectivity index (χ1n) is 9.84. The van der Waals surface area contributed by atoms with Gasteiger partial charge in [0.05, 0.1) is 10.6 Å². The van der Waals surface area contributed by atoms with E-state index in [9.17, 15) is 18.5 Å². The molecular weight excluding hydrogens is 460 g/mol. The van der Waals surface area contributed by atoms with Crippen molar-refractivity contribution in [3.05, 3.63) is 69.3 Å². The lowest BCUT2D eigenvalue weighted by Gasteiger charge is -2.15. The Morgan fingerprint density at radius 1 is 1.12 bits per heavy atom. The zero-order valence-electron chi connectivity index (χ0n) is 18.5. The number of sulfonamides is 1. The van der Waals surface area contributed by atoms with E-state index >= 15 is 0 Å². The molecular formula is C22H22N6O3S2. The number of carbonyl (C=O) groups excluding carboxylic acids is 1. The van der Waals surface area contributed by atoms with Crippen LogP contribution in [-0.4, -0.2) is 30.0 Å². The number of aryl methyl sites for hydroxylation is 4. The van der Waals surface area contributed by atoms with Gasteiger partial charge in [0, 0.05) is 24.6 Å². The topological polar surface area (TPSA) is 141 Å². The lowest BCUT2D eigenvalue weighted by molar-refractivity contribution is -0.435. The van der Waals surface area contributed by atoms with Gasteiger partial charge in [-0.05, 0) is 73.7 Å². The maximum Gasteiger partial charge on any atom is 0.257 e. The number of thioether (sulfide) groups is 1. The standard InChI is InChI=1S/C22H22N6O3S2/c1-13-9-14(2)24-21(19(13)11-23)32-12-20(29)27-17-5-7-18(8-6-17)33(30,31)28-22-25-15(3)10-16(4)26-22/h5-10H,12H2,1-4H3,(H2,25,26,27,28,29). The number of rotatable bonds is 7. The van der Waals surface area contributed by atoms with Gasteiger partial charge in [-0.25, -0.2) is 13.4 Å². The summed E-state index contributed by atoms with van der Waals surface area (Å²) in [6, 6.07) is 11.4. The molecule has 0 aliphatic carbocycles. The first-order chi connectivity index (χ1) is 15.6. The molecule has 0 bridgehead atoms. The first-order valence-corrected chi connectivity index (χ1v) is 12.3. The minimum atomic E-state index is -4.01. The maximum absolute atomic E-state index is 12.6. The number of nitriles is 1. The monoisotopic (exact) mass is 482 g/mol. The van der Waals surface area contributed by atoms with E-state index in [0.717, 1.165) is 11.3 Å². The van der Waals surface area contributed by atoms with E-state index in [4.69, 9.17) is 0 Å². The first kappa shape index (κ1) is 24.2. The molecule has 9 nitrogen and oxygen atoms in total. The van der Waals surface area contributed by atoms with E-state index in [1.54, 1.807) is 19.9 Å². The number of aromatic nitrogens is 3. The lowest BCUT2D eigenvalue weighted by atomic mass is 10.1. The van der Waals surface area contributed by atoms with Crippen LogP contribution < -0.4 is 10.3 Å². The van der Waals surface area contributed by atoms with Gasteiger partial charge in [0.1, 0.15) is 11.6 Å². The Morgan fingerprint density at radius 2 is 1.76 bits per heavy atom. The summed E-state index contributed by atoms with van der Waals surface area (Å²) < 4.78 is 28.8. The Bertz CT molecular complexity index is 1330. The van der Waals surface area contributed by atoms with Crippen LogP contribution in [0.25, 0.3) is 4.72 Å². The van der Waals surface area contributed by atoms with Gasteiger partial charge in [-0.15, -0.1) is 0 Å². The summed E-state index contributed by atoms with van der Waals surface area (Å²) in [6.45, 7) is 7.19. The molecule has 0 saturated heterocycles. The van der Waals surface area contributed by atoms with Gasteiger partial charge < -0.3 is 15.3 Å². The van der Waals surface area contributed by atoms with Crippen LogP contribution in [0.2, 0.25) is 0 Å². The Hall–Kier alpha value is -3.49. The van der Waals surface area contributed by atoms with Crippen LogP contribution in [0.1, 0.15) is 28.2 Å². The van der Waals surface area contributed by atoms with E-state index in [2.05, 4.69) is 31.1 Å². The third kappa shape index (κ3) is 6.27. The van der Waals surface area contributed by atoms with Crippen molar-refractivity contribution >= 4 is 39.3 Å². The third-order valence-corrected chi connectivity index (χ3v) is 6.71. The van der Waals surface area contributed by atoms with Gasteiger partial charge in [0.2, 0.25) is 15.9 Å². The second-order valence-electron chi connectivity index (χ2n) is 7.33. The van der Waals surface area contributed by atoms with Gasteiger partial charge in [-0.3, -0.25) is 9.52 Å². The van der Waals surface area contributed by atoms with Crippen molar-refractivity contribution in [2.75, 3.05) is 11.1 Å². The van der Waals surface area contributed by atoms with Crippen LogP contribution in [-0.2, 0) is 14.8 Å². The number of anilines is 1. The van der Waals surface area contributed by atoms with E-state index in [-0.39, 0.29) is 22.5 Å². The highest BCUT2D eigenvalue weighted by Gasteiger charge is 2.17. The molecule has 2 heterocycles. The molecule has 0 aliphatic rings. The van der Waals surface area contributed by atoms with Crippen molar-refractivity contribution in [3.8, 4) is 6.07 Å². The van der Waals surface area contributed by atoms with Crippen LogP contribution in [0.4, 0.5) is 11.6 Å². The molecule has 0 spiro atoms. The number of amides is 1. The molecule has 11 heteroatoms. The summed E-state index contributed by atoms with van der Waals surface area (Å²) >= 11 is 1.22. The molecule has 1 aromatic carbocycles. The normalized spacial score (nSPS) is 11.0. The molecule has 0 fully saturated rings. The smallest absolute Gasteiger partial charge is 0.257 e. The second-order valence-corrected chi connectivity index (χ2v) is 9.92. The minimum absolute atomic E-state index is 0.0406. The van der Waals surface area contributed by atoms with Crippen LogP contribution in [0.5, 0.6) is 0 Å². The predicted octanol–water partition coefficient (Wildman–Crippen LogP) is 3.52. The highest BCUT2D eigenvalue weighted by Crippen LogP contribution is 2.26. The number of benzene rings is 1. The van der Waals surface area contributed by atoms with Crippen molar-refractivity contribution in [3.63, 3.8) is 0 Å². The molecule has 0 atom stereocenters. The van der Waals surface area contributed by atoms with Crippen LogP contribution in [0.3, 0.4) is 0 Å². The molecule has 3 rings (SSSR count). The SMILES string of the molecule is Cc1cc(C)nc([N-]S(=O)(=O)c2ccc(NC(=O)CSc3[nH+]c(C)cc(C)c3C#N)cc2)n1. The van der Waals surface area contributed by atoms with Gasteiger partial charge in [-0.2, -0.15) is 5.26 Å². The molecule has 33 heavy (non-hydrogen) atoms. The summed E-state index contributed by atoms with van der Waals surface area (Å²) in [7, 11) is -4.01. The zero-order valence-corrected chi connectivity index (χ0v) is 20.1. The number of pyridine rings is 1. The maximum atomic E-state index is 12.6. The number of hydrogen-bond acceptors (Lipinski definition) is 7. The van der Waals surface area contributed by atoms with E-state index < -0.39 is 10.0 Å². The van der Waals surface area contributed by atoms with E-state index in [0.29, 0.717) is 27.7 Å². The Labute approximate surface area is 196 Å². The molecule has 170 valence electrons. The Balaban J connectivity index is 1.64. The average molecular weight is 483 g/mol. The number of carbonyl (C=O) groups is 1. The van der Waals surface area contributed by atoms with Gasteiger partial charge in [0.25, 0.3) is 5.03 Å². The third-order valence-electron chi connectivity index (χ3n) is 4.43. The molecule has 1 amide bonds. The predicted molar refractivity (Wildman–Crippen MR) is 125 cm³/mol. The summed E-state index contributed by atoms with van der Waals surface area (Å²) in [5.41, 5.74) is 3.91. The molecule has 0 unspecified atom stereocenters. The highest BCUT2D eigenvalue weighted by atomic mass is 32.2. The number of hydrogen-bond donors (Lipinski definition) is 1. The zero-order chi connectivity index (χ0) is 24.2. The fourth-order valence-electron chi connectivity index (χ4n) is 3.05. The molecule has 3 aromatic rings. The summed E-state index contributed by atoms with van der Waals surface area (Å²) in [5, 5.41) is 12.7. The molecule has 2 aromatic heterocycles. The number of nitrogens with one attached hydrogen (secondary N) is 2. The fraction of sp³-hybridized carbons (Fsp3) is 0.227. The van der Waals surface area contributed by atoms with Gasteiger partial charge in [0.15, 0.2) is 5.69 Å². The van der Waals surface area contributed by atoms with Gasteiger partial charge in [-0.1, -0.05) is 6.07 Å². The van der Waals surface area contributed by atoms with Crippen molar-refractivity contribution in [1.29, 1.82) is 5.26 Å². The number of aromatic amines is 1. The summed E-state index contributed by atoms with van der Waals surface area (Å²) in [4.78, 5) is 23.5. The highest BCUT2D eigenvalue weighted by molar-refractivity contribution is 7.99. The van der Waals surface area contributed by atoms with Crippen molar-refractivity contribution in [2.24, 2.45) is 0 Å². The number of H-pyrrole nitrogens is 1. The molecule has 0 radical (unpaired) electrons. The van der Waals surface area contributed by atoms with Gasteiger partial charge >= 0.3 is 0 Å². The lowest BCUT2D eigenvalue weighted by Crippen LogP contribution is -2.18. The van der Waals surface area contributed by atoms with Crippen molar-refractivity contribution in [2.45, 2.75) is 37.6 Å².